The first-order chi connectivity index (χ1) is 7.08. The van der Waals surface area contributed by atoms with E-state index in [0.29, 0.717) is 18.6 Å². The number of piperidine rings is 1. The molecule has 2 fully saturated rings. The van der Waals surface area contributed by atoms with Crippen LogP contribution in [0.15, 0.2) is 0 Å². The summed E-state index contributed by atoms with van der Waals surface area (Å²) in [5, 5.41) is 0. The third kappa shape index (κ3) is 2.34. The van der Waals surface area contributed by atoms with Gasteiger partial charge in [0.1, 0.15) is 6.17 Å². The van der Waals surface area contributed by atoms with Crippen LogP contribution in [0.1, 0.15) is 27.2 Å². The molecule has 2 aliphatic heterocycles. The van der Waals surface area contributed by atoms with Gasteiger partial charge < -0.3 is 0 Å². The molecule has 0 bridgehead atoms. The zero-order valence-corrected chi connectivity index (χ0v) is 10.1. The number of hydrogen-bond acceptors (Lipinski definition) is 2. The van der Waals surface area contributed by atoms with Crippen LogP contribution in [0.4, 0.5) is 4.39 Å². The van der Waals surface area contributed by atoms with Crippen molar-refractivity contribution in [3.05, 3.63) is 0 Å². The Balaban J connectivity index is 1.77. The number of rotatable bonds is 2. The summed E-state index contributed by atoms with van der Waals surface area (Å²) in [7, 11) is 0. The molecule has 0 saturated carbocycles. The smallest absolute Gasteiger partial charge is 0.115 e. The molecule has 0 spiro atoms. The topological polar surface area (TPSA) is 6.48 Å². The van der Waals surface area contributed by atoms with Crippen molar-refractivity contribution in [3.63, 3.8) is 0 Å². The highest BCUT2D eigenvalue weighted by Gasteiger charge is 2.36. The van der Waals surface area contributed by atoms with Gasteiger partial charge in [-0.25, -0.2) is 4.39 Å². The zero-order chi connectivity index (χ0) is 11.0. The van der Waals surface area contributed by atoms with Crippen LogP contribution in [-0.2, 0) is 0 Å². The van der Waals surface area contributed by atoms with Gasteiger partial charge in [0.05, 0.1) is 0 Å². The van der Waals surface area contributed by atoms with E-state index in [4.69, 9.17) is 0 Å². The van der Waals surface area contributed by atoms with Crippen molar-refractivity contribution in [2.45, 2.75) is 45.4 Å². The molecule has 0 N–H and O–H groups in total. The van der Waals surface area contributed by atoms with Crippen LogP contribution in [0.25, 0.3) is 0 Å². The van der Waals surface area contributed by atoms with Gasteiger partial charge in [0, 0.05) is 31.7 Å². The molecular weight excluding hydrogens is 191 g/mol. The summed E-state index contributed by atoms with van der Waals surface area (Å²) in [6, 6.07) is 1.27. The molecule has 0 aromatic rings. The Morgan fingerprint density at radius 3 is 2.40 bits per heavy atom. The molecule has 2 heterocycles. The van der Waals surface area contributed by atoms with E-state index >= 15 is 0 Å². The average Bonchev–Trinajstić information content (AvgIpc) is 2.08. The highest BCUT2D eigenvalue weighted by Crippen LogP contribution is 2.25. The molecular formula is C12H23FN2. The van der Waals surface area contributed by atoms with Gasteiger partial charge in [0.2, 0.25) is 0 Å². The van der Waals surface area contributed by atoms with E-state index < -0.39 is 6.17 Å². The predicted molar refractivity (Wildman–Crippen MR) is 60.7 cm³/mol. The van der Waals surface area contributed by atoms with Gasteiger partial charge in [-0.3, -0.25) is 9.80 Å². The second-order valence-corrected chi connectivity index (χ2v) is 5.48. The molecule has 2 atom stereocenters. The van der Waals surface area contributed by atoms with Gasteiger partial charge in [-0.15, -0.1) is 0 Å². The second-order valence-electron chi connectivity index (χ2n) is 5.48. The predicted octanol–water partition coefficient (Wildman–Crippen LogP) is 1.76. The lowest BCUT2D eigenvalue weighted by Crippen LogP contribution is -2.63. The molecule has 0 aromatic heterocycles. The molecule has 88 valence electrons. The molecule has 0 aliphatic carbocycles. The lowest BCUT2D eigenvalue weighted by atomic mass is 9.94. The third-order valence-corrected chi connectivity index (χ3v) is 4.04. The Morgan fingerprint density at radius 2 is 1.87 bits per heavy atom. The number of hydrogen-bond donors (Lipinski definition) is 0. The molecule has 2 aliphatic rings. The van der Waals surface area contributed by atoms with Crippen molar-refractivity contribution >= 4 is 0 Å². The molecule has 0 aromatic carbocycles. The first-order valence-electron chi connectivity index (χ1n) is 6.20. The van der Waals surface area contributed by atoms with Crippen molar-refractivity contribution in [1.82, 2.24) is 9.80 Å². The van der Waals surface area contributed by atoms with E-state index in [0.717, 1.165) is 26.1 Å². The van der Waals surface area contributed by atoms with Crippen molar-refractivity contribution < 1.29 is 4.39 Å². The van der Waals surface area contributed by atoms with E-state index in [1.54, 1.807) is 0 Å². The maximum Gasteiger partial charge on any atom is 0.115 e. The van der Waals surface area contributed by atoms with Crippen LogP contribution in [0, 0.1) is 5.92 Å². The van der Waals surface area contributed by atoms with Gasteiger partial charge in [-0.2, -0.15) is 0 Å². The number of alkyl halides is 1. The van der Waals surface area contributed by atoms with Gasteiger partial charge in [-0.1, -0.05) is 6.92 Å². The minimum Gasteiger partial charge on any atom is -0.298 e. The fourth-order valence-corrected chi connectivity index (χ4v) is 2.52. The number of nitrogens with zero attached hydrogens (tertiary/aromatic N) is 2. The van der Waals surface area contributed by atoms with Crippen LogP contribution in [-0.4, -0.2) is 54.2 Å². The Morgan fingerprint density at radius 1 is 1.20 bits per heavy atom. The summed E-state index contributed by atoms with van der Waals surface area (Å²) in [4.78, 5) is 4.81. The van der Waals surface area contributed by atoms with Gasteiger partial charge >= 0.3 is 0 Å². The third-order valence-electron chi connectivity index (χ3n) is 4.04. The Kier molecular flexibility index (Phi) is 3.31. The minimum absolute atomic E-state index is 0.266. The second kappa shape index (κ2) is 4.38. The fourth-order valence-electron chi connectivity index (χ4n) is 2.52. The first kappa shape index (κ1) is 11.3. The molecule has 3 heteroatoms. The first-order valence-corrected chi connectivity index (χ1v) is 6.20. The Bertz CT molecular complexity index is 214. The summed E-state index contributed by atoms with van der Waals surface area (Å²) in [6.07, 6.45) is 0.422. The van der Waals surface area contributed by atoms with Gasteiger partial charge in [0.25, 0.3) is 0 Å². The lowest BCUT2D eigenvalue weighted by molar-refractivity contribution is -0.0225. The Labute approximate surface area is 92.4 Å². The summed E-state index contributed by atoms with van der Waals surface area (Å²) in [6.45, 7) is 10.5. The maximum absolute atomic E-state index is 13.5. The Hall–Kier alpha value is -0.150. The van der Waals surface area contributed by atoms with Crippen LogP contribution in [0.2, 0.25) is 0 Å². The van der Waals surface area contributed by atoms with Gasteiger partial charge in [0.15, 0.2) is 0 Å². The monoisotopic (exact) mass is 214 g/mol. The molecule has 0 amide bonds. The van der Waals surface area contributed by atoms with Crippen LogP contribution < -0.4 is 0 Å². The summed E-state index contributed by atoms with van der Waals surface area (Å²) in [5.41, 5.74) is 0. The minimum atomic E-state index is -0.605. The van der Waals surface area contributed by atoms with Crippen LogP contribution in [0.5, 0.6) is 0 Å². The molecule has 2 nitrogen and oxygen atoms in total. The maximum atomic E-state index is 13.5. The molecule has 0 unspecified atom stereocenters. The lowest BCUT2D eigenvalue weighted by Gasteiger charge is -2.49. The van der Waals surface area contributed by atoms with E-state index in [1.165, 1.54) is 0 Å². The molecule has 2 saturated heterocycles. The molecule has 15 heavy (non-hydrogen) atoms. The standard InChI is InChI=1S/C12H23FN2/c1-9(2)15-6-11(7-15)14-5-4-10(3)12(13)8-14/h9-12H,4-8H2,1-3H3/t10-,12-/m0/s1. The van der Waals surface area contributed by atoms with Crippen LogP contribution in [0.3, 0.4) is 0 Å². The largest absolute Gasteiger partial charge is 0.298 e. The summed E-state index contributed by atoms with van der Waals surface area (Å²) >= 11 is 0. The highest BCUT2D eigenvalue weighted by atomic mass is 19.1. The normalized spacial score (nSPS) is 35.8. The van der Waals surface area contributed by atoms with Crippen molar-refractivity contribution in [2.24, 2.45) is 5.92 Å². The van der Waals surface area contributed by atoms with Crippen molar-refractivity contribution in [1.29, 1.82) is 0 Å². The van der Waals surface area contributed by atoms with E-state index in [-0.39, 0.29) is 5.92 Å². The molecule has 0 radical (unpaired) electrons. The molecule has 2 rings (SSSR count). The van der Waals surface area contributed by atoms with Crippen molar-refractivity contribution in [3.8, 4) is 0 Å². The summed E-state index contributed by atoms with van der Waals surface area (Å²) in [5.74, 6) is 0.266. The number of halogens is 1. The van der Waals surface area contributed by atoms with Crippen molar-refractivity contribution in [2.75, 3.05) is 26.2 Å². The van der Waals surface area contributed by atoms with E-state index in [9.17, 15) is 4.39 Å². The highest BCUT2D eigenvalue weighted by molar-refractivity contribution is 4.92. The number of likely N-dealkylation sites (tertiary alicyclic amines) is 2. The van der Waals surface area contributed by atoms with Gasteiger partial charge in [-0.05, 0) is 32.7 Å². The van der Waals surface area contributed by atoms with E-state index in [2.05, 4.69) is 23.6 Å². The van der Waals surface area contributed by atoms with E-state index in [1.807, 2.05) is 6.92 Å². The zero-order valence-electron chi connectivity index (χ0n) is 10.1. The SMILES string of the molecule is CC(C)N1CC(N2CC[C@H](C)[C@@H](F)C2)C1. The fraction of sp³-hybridized carbons (Fsp3) is 1.00. The van der Waals surface area contributed by atoms with Crippen LogP contribution >= 0.6 is 0 Å². The quantitative estimate of drug-likeness (QED) is 0.691. The summed E-state index contributed by atoms with van der Waals surface area (Å²) < 4.78 is 13.5. The average molecular weight is 214 g/mol.